The van der Waals surface area contributed by atoms with E-state index in [1.165, 1.54) is 4.90 Å². The quantitative estimate of drug-likeness (QED) is 0.886. The highest BCUT2D eigenvalue weighted by Crippen LogP contribution is 2.16. The number of aromatic nitrogens is 2. The molecule has 0 saturated heterocycles. The number of carbonyl (C=O) groups excluding carboxylic acids is 1. The topological polar surface area (TPSA) is 78.4 Å². The second kappa shape index (κ2) is 6.63. The molecule has 0 bridgehead atoms. The van der Waals surface area contributed by atoms with Crippen LogP contribution in [-0.4, -0.2) is 46.4 Å². The van der Waals surface area contributed by atoms with Crippen LogP contribution in [0.1, 0.15) is 0 Å². The summed E-state index contributed by atoms with van der Waals surface area (Å²) in [6.45, 7) is 0.184. The molecule has 1 aromatic carbocycles. The van der Waals surface area contributed by atoms with E-state index in [9.17, 15) is 4.79 Å². The van der Waals surface area contributed by atoms with Crippen LogP contribution in [0.15, 0.2) is 42.5 Å². The highest BCUT2D eigenvalue weighted by atomic mass is 16.3. The Morgan fingerprint density at radius 1 is 1.20 bits per heavy atom. The Bertz CT molecular complexity index is 557. The van der Waals surface area contributed by atoms with E-state index in [-0.39, 0.29) is 19.2 Å². The van der Waals surface area contributed by atoms with Crippen LogP contribution in [0.5, 0.6) is 0 Å². The summed E-state index contributed by atoms with van der Waals surface area (Å²) in [6, 6.07) is 12.8. The summed E-state index contributed by atoms with van der Waals surface area (Å²) < 4.78 is 0. The normalized spacial score (nSPS) is 10.1. The molecule has 0 radical (unpaired) electrons. The highest BCUT2D eigenvalue weighted by Gasteiger charge is 2.09. The van der Waals surface area contributed by atoms with Crippen molar-refractivity contribution in [3.05, 3.63) is 42.5 Å². The van der Waals surface area contributed by atoms with E-state index in [0.717, 1.165) is 11.3 Å². The van der Waals surface area contributed by atoms with Crippen LogP contribution in [0.3, 0.4) is 0 Å². The summed E-state index contributed by atoms with van der Waals surface area (Å²) in [5.74, 6) is 0.375. The number of aliphatic hydroxyl groups excluding tert-OH is 1. The van der Waals surface area contributed by atoms with E-state index >= 15 is 0 Å². The van der Waals surface area contributed by atoms with Crippen LogP contribution >= 0.6 is 0 Å². The van der Waals surface area contributed by atoms with Gasteiger partial charge in [0.05, 0.1) is 12.3 Å². The molecule has 2 rings (SSSR count). The van der Waals surface area contributed by atoms with Crippen molar-refractivity contribution in [1.29, 1.82) is 0 Å². The molecule has 0 spiro atoms. The zero-order chi connectivity index (χ0) is 14.4. The van der Waals surface area contributed by atoms with Crippen molar-refractivity contribution in [3.8, 4) is 11.3 Å². The maximum absolute atomic E-state index is 11.7. The first-order valence-electron chi connectivity index (χ1n) is 6.23. The number of carbonyl (C=O) groups is 1. The van der Waals surface area contributed by atoms with Crippen molar-refractivity contribution in [2.45, 2.75) is 0 Å². The second-order valence-corrected chi connectivity index (χ2v) is 4.25. The smallest absolute Gasteiger partial charge is 0.322 e. The van der Waals surface area contributed by atoms with Gasteiger partial charge in [0, 0.05) is 19.2 Å². The molecule has 1 aromatic heterocycles. The molecule has 0 fully saturated rings. The van der Waals surface area contributed by atoms with Gasteiger partial charge in [0.1, 0.15) is 0 Å². The predicted octanol–water partition coefficient (Wildman–Crippen LogP) is 1.60. The number of rotatable bonds is 4. The molecule has 0 aliphatic carbocycles. The highest BCUT2D eigenvalue weighted by molar-refractivity contribution is 5.88. The monoisotopic (exact) mass is 272 g/mol. The van der Waals surface area contributed by atoms with Gasteiger partial charge >= 0.3 is 6.03 Å². The molecule has 0 aliphatic heterocycles. The summed E-state index contributed by atoms with van der Waals surface area (Å²) in [5.41, 5.74) is 1.71. The number of nitrogens with one attached hydrogen (secondary N) is 1. The van der Waals surface area contributed by atoms with E-state index in [1.54, 1.807) is 19.2 Å². The number of hydrogen-bond acceptors (Lipinski definition) is 4. The van der Waals surface area contributed by atoms with E-state index in [2.05, 4.69) is 15.5 Å². The Kier molecular flexibility index (Phi) is 4.62. The SMILES string of the molecule is CN(CCO)C(=O)Nc1ccc(-c2ccccc2)nn1. The lowest BCUT2D eigenvalue weighted by Gasteiger charge is -2.15. The van der Waals surface area contributed by atoms with Gasteiger partial charge in [-0.2, -0.15) is 0 Å². The lowest BCUT2D eigenvalue weighted by atomic mass is 10.1. The summed E-state index contributed by atoms with van der Waals surface area (Å²) in [5, 5.41) is 19.4. The van der Waals surface area contributed by atoms with Gasteiger partial charge in [0.25, 0.3) is 0 Å². The fourth-order valence-corrected chi connectivity index (χ4v) is 1.62. The maximum Gasteiger partial charge on any atom is 0.322 e. The third-order valence-corrected chi connectivity index (χ3v) is 2.75. The van der Waals surface area contributed by atoms with Crippen molar-refractivity contribution in [1.82, 2.24) is 15.1 Å². The van der Waals surface area contributed by atoms with Crippen molar-refractivity contribution in [2.24, 2.45) is 0 Å². The van der Waals surface area contributed by atoms with Crippen molar-refractivity contribution in [3.63, 3.8) is 0 Å². The minimum atomic E-state index is -0.333. The molecule has 20 heavy (non-hydrogen) atoms. The molecular weight excluding hydrogens is 256 g/mol. The number of anilines is 1. The van der Waals surface area contributed by atoms with Crippen LogP contribution in [0, 0.1) is 0 Å². The molecule has 1 heterocycles. The lowest BCUT2D eigenvalue weighted by molar-refractivity contribution is 0.202. The summed E-state index contributed by atoms with van der Waals surface area (Å²) in [4.78, 5) is 13.1. The Balaban J connectivity index is 2.04. The van der Waals surface area contributed by atoms with Gasteiger partial charge in [-0.1, -0.05) is 30.3 Å². The van der Waals surface area contributed by atoms with E-state index in [4.69, 9.17) is 5.11 Å². The first-order chi connectivity index (χ1) is 9.70. The number of urea groups is 1. The Morgan fingerprint density at radius 3 is 2.55 bits per heavy atom. The standard InChI is InChI=1S/C14H16N4O2/c1-18(9-10-19)14(20)15-13-8-7-12(16-17-13)11-5-3-2-4-6-11/h2-8,19H,9-10H2,1H3,(H,15,17,20). The molecule has 6 nitrogen and oxygen atoms in total. The van der Waals surface area contributed by atoms with Gasteiger partial charge in [0.2, 0.25) is 0 Å². The van der Waals surface area contributed by atoms with Gasteiger partial charge < -0.3 is 10.0 Å². The zero-order valence-electron chi connectivity index (χ0n) is 11.2. The average Bonchev–Trinajstić information content (AvgIpc) is 2.49. The number of likely N-dealkylation sites (N-methyl/N-ethyl adjacent to an activating group) is 1. The van der Waals surface area contributed by atoms with E-state index in [0.29, 0.717) is 5.82 Å². The van der Waals surface area contributed by atoms with Crippen molar-refractivity contribution < 1.29 is 9.90 Å². The van der Waals surface area contributed by atoms with E-state index < -0.39 is 0 Å². The van der Waals surface area contributed by atoms with E-state index in [1.807, 2.05) is 30.3 Å². The number of hydrogen-bond donors (Lipinski definition) is 2. The molecular formula is C14H16N4O2. The Hall–Kier alpha value is -2.47. The number of benzene rings is 1. The van der Waals surface area contributed by atoms with Crippen molar-refractivity contribution in [2.75, 3.05) is 25.5 Å². The number of nitrogens with zero attached hydrogens (tertiary/aromatic N) is 3. The van der Waals surface area contributed by atoms with Crippen LogP contribution in [0.2, 0.25) is 0 Å². The van der Waals surface area contributed by atoms with Gasteiger partial charge in [-0.3, -0.25) is 5.32 Å². The second-order valence-electron chi connectivity index (χ2n) is 4.25. The summed E-state index contributed by atoms with van der Waals surface area (Å²) in [7, 11) is 1.59. The fourth-order valence-electron chi connectivity index (χ4n) is 1.62. The van der Waals surface area contributed by atoms with Gasteiger partial charge in [0.15, 0.2) is 5.82 Å². The molecule has 2 aromatic rings. The van der Waals surface area contributed by atoms with Crippen LogP contribution in [0.25, 0.3) is 11.3 Å². The molecule has 104 valence electrons. The minimum absolute atomic E-state index is 0.0808. The summed E-state index contributed by atoms with van der Waals surface area (Å²) in [6.07, 6.45) is 0. The van der Waals surface area contributed by atoms with Crippen LogP contribution < -0.4 is 5.32 Å². The van der Waals surface area contributed by atoms with Gasteiger partial charge in [-0.25, -0.2) is 4.79 Å². The maximum atomic E-state index is 11.7. The average molecular weight is 272 g/mol. The Labute approximate surface area is 117 Å². The first kappa shape index (κ1) is 14.0. The molecule has 0 aliphatic rings. The molecule has 0 saturated carbocycles. The minimum Gasteiger partial charge on any atom is -0.395 e. The lowest BCUT2D eigenvalue weighted by Crippen LogP contribution is -2.33. The van der Waals surface area contributed by atoms with Gasteiger partial charge in [-0.05, 0) is 12.1 Å². The molecule has 0 atom stereocenters. The number of amides is 2. The molecule has 2 N–H and O–H groups in total. The summed E-state index contributed by atoms with van der Waals surface area (Å²) >= 11 is 0. The zero-order valence-corrected chi connectivity index (χ0v) is 11.2. The molecule has 2 amide bonds. The Morgan fingerprint density at radius 2 is 1.95 bits per heavy atom. The largest absolute Gasteiger partial charge is 0.395 e. The third kappa shape index (κ3) is 3.52. The first-order valence-corrected chi connectivity index (χ1v) is 6.23. The van der Waals surface area contributed by atoms with Crippen LogP contribution in [-0.2, 0) is 0 Å². The molecule has 6 heteroatoms. The molecule has 0 unspecified atom stereocenters. The predicted molar refractivity (Wildman–Crippen MR) is 76.2 cm³/mol. The number of aliphatic hydroxyl groups is 1. The fraction of sp³-hybridized carbons (Fsp3) is 0.214. The van der Waals surface area contributed by atoms with Crippen LogP contribution in [0.4, 0.5) is 10.6 Å². The third-order valence-electron chi connectivity index (χ3n) is 2.75. The van der Waals surface area contributed by atoms with Gasteiger partial charge in [-0.15, -0.1) is 10.2 Å². The van der Waals surface area contributed by atoms with Crippen molar-refractivity contribution >= 4 is 11.8 Å².